The number of hydrogen-bond donors (Lipinski definition) is 0. The van der Waals surface area contributed by atoms with E-state index in [1.54, 1.807) is 41.0 Å². The summed E-state index contributed by atoms with van der Waals surface area (Å²) in [7, 11) is 1.73. The highest BCUT2D eigenvalue weighted by Gasteiger charge is 2.13. The van der Waals surface area contributed by atoms with Crippen molar-refractivity contribution in [3.05, 3.63) is 70.1 Å². The molecule has 0 aromatic carbocycles. The fraction of sp³-hybridized carbons (Fsp3) is 0.200. The zero-order chi connectivity index (χ0) is 19.6. The fourth-order valence-electron chi connectivity index (χ4n) is 2.89. The zero-order valence-corrected chi connectivity index (χ0v) is 16.4. The molecular weight excluding hydrogens is 362 g/mol. The van der Waals surface area contributed by atoms with Crippen LogP contribution in [0.2, 0.25) is 5.15 Å². The molecule has 4 rings (SSSR count). The van der Waals surface area contributed by atoms with Crippen LogP contribution >= 0.6 is 11.6 Å². The van der Waals surface area contributed by atoms with Crippen molar-refractivity contribution in [2.75, 3.05) is 0 Å². The van der Waals surface area contributed by atoms with Crippen molar-refractivity contribution in [2.45, 2.75) is 20.8 Å². The number of halogens is 1. The Balaban J connectivity index is 0.00000102. The second-order valence-electron chi connectivity index (χ2n) is 5.80. The number of rotatable bonds is 2. The van der Waals surface area contributed by atoms with Gasteiger partial charge in [-0.3, -0.25) is 4.79 Å². The van der Waals surface area contributed by atoms with Crippen molar-refractivity contribution in [3.63, 3.8) is 0 Å². The van der Waals surface area contributed by atoms with Gasteiger partial charge in [0, 0.05) is 48.3 Å². The Morgan fingerprint density at radius 1 is 1.04 bits per heavy atom. The number of nitrogens with zero attached hydrogens (tertiary/aromatic N) is 5. The van der Waals surface area contributed by atoms with E-state index in [2.05, 4.69) is 15.1 Å². The third kappa shape index (κ3) is 3.48. The molecule has 0 saturated carbocycles. The molecule has 4 heterocycles. The van der Waals surface area contributed by atoms with Gasteiger partial charge in [0.1, 0.15) is 5.15 Å². The van der Waals surface area contributed by atoms with E-state index in [1.807, 2.05) is 45.2 Å². The van der Waals surface area contributed by atoms with Gasteiger partial charge in [-0.15, -0.1) is 0 Å². The van der Waals surface area contributed by atoms with Crippen molar-refractivity contribution >= 4 is 22.5 Å². The van der Waals surface area contributed by atoms with Crippen LogP contribution in [0, 0.1) is 6.92 Å². The first-order valence-electron chi connectivity index (χ1n) is 8.67. The predicted molar refractivity (Wildman–Crippen MR) is 108 cm³/mol. The first kappa shape index (κ1) is 18.8. The van der Waals surface area contributed by atoms with E-state index in [4.69, 9.17) is 11.6 Å². The molecule has 0 aliphatic rings. The molecule has 0 N–H and O–H groups in total. The van der Waals surface area contributed by atoms with Crippen LogP contribution in [0.3, 0.4) is 0 Å². The summed E-state index contributed by atoms with van der Waals surface area (Å²) in [4.78, 5) is 21.4. The monoisotopic (exact) mass is 381 g/mol. The van der Waals surface area contributed by atoms with Crippen molar-refractivity contribution in [1.29, 1.82) is 0 Å². The summed E-state index contributed by atoms with van der Waals surface area (Å²) in [6, 6.07) is 7.26. The van der Waals surface area contributed by atoms with Gasteiger partial charge in [0.2, 0.25) is 0 Å². The van der Waals surface area contributed by atoms with Crippen LogP contribution in [0.4, 0.5) is 0 Å². The summed E-state index contributed by atoms with van der Waals surface area (Å²) < 4.78 is 3.26. The molecule has 138 valence electrons. The van der Waals surface area contributed by atoms with Crippen LogP contribution in [0.25, 0.3) is 27.8 Å². The summed E-state index contributed by atoms with van der Waals surface area (Å²) in [5, 5.41) is 5.38. The minimum Gasteiger partial charge on any atom is -0.311 e. The Hall–Kier alpha value is -2.99. The molecule has 0 amide bonds. The van der Waals surface area contributed by atoms with Crippen molar-refractivity contribution in [2.24, 2.45) is 7.05 Å². The average molecular weight is 382 g/mol. The summed E-state index contributed by atoms with van der Waals surface area (Å²) in [5.74, 6) is 0.706. The standard InChI is InChI=1S/C18H14ClN5O.C2H6/c1-11-6-17(24-5-3-4-22-24)21-10-14(11)13-7-12-9-20-16(19)8-15(12)23(2)18(13)25;1-2/h3-10H,1-2H3;1-2H3. The van der Waals surface area contributed by atoms with Gasteiger partial charge in [0.05, 0.1) is 5.52 Å². The maximum absolute atomic E-state index is 12.8. The number of aryl methyl sites for hydroxylation is 2. The topological polar surface area (TPSA) is 65.6 Å². The van der Waals surface area contributed by atoms with Crippen LogP contribution < -0.4 is 5.56 Å². The normalized spacial score (nSPS) is 10.6. The molecule has 0 fully saturated rings. The molecule has 0 radical (unpaired) electrons. The van der Waals surface area contributed by atoms with Gasteiger partial charge in [-0.2, -0.15) is 5.10 Å². The predicted octanol–water partition coefficient (Wildman–Crippen LogP) is 4.17. The van der Waals surface area contributed by atoms with Crippen LogP contribution in [-0.4, -0.2) is 24.3 Å². The average Bonchev–Trinajstić information content (AvgIpc) is 3.22. The number of hydrogen-bond acceptors (Lipinski definition) is 4. The molecular formula is C20H20ClN5O. The van der Waals surface area contributed by atoms with Gasteiger partial charge in [-0.25, -0.2) is 14.6 Å². The molecule has 7 heteroatoms. The molecule has 0 bridgehead atoms. The largest absolute Gasteiger partial charge is 0.311 e. The minimum absolute atomic E-state index is 0.105. The lowest BCUT2D eigenvalue weighted by Gasteiger charge is -2.11. The van der Waals surface area contributed by atoms with E-state index >= 15 is 0 Å². The van der Waals surface area contributed by atoms with Gasteiger partial charge in [-0.05, 0) is 36.8 Å². The van der Waals surface area contributed by atoms with Gasteiger partial charge in [-0.1, -0.05) is 25.4 Å². The molecule has 0 saturated heterocycles. The molecule has 6 nitrogen and oxygen atoms in total. The highest BCUT2D eigenvalue weighted by molar-refractivity contribution is 6.30. The molecule has 0 unspecified atom stereocenters. The van der Waals surface area contributed by atoms with Crippen LogP contribution in [0.5, 0.6) is 0 Å². The Morgan fingerprint density at radius 3 is 2.48 bits per heavy atom. The van der Waals surface area contributed by atoms with E-state index in [-0.39, 0.29) is 5.56 Å². The minimum atomic E-state index is -0.105. The molecule has 0 atom stereocenters. The maximum Gasteiger partial charge on any atom is 0.258 e. The lowest BCUT2D eigenvalue weighted by atomic mass is 10.0. The SMILES string of the molecule is CC.Cc1cc(-n2cccn2)ncc1-c1cc2cnc(Cl)cc2n(C)c1=O. The van der Waals surface area contributed by atoms with Gasteiger partial charge in [0.15, 0.2) is 5.82 Å². The van der Waals surface area contributed by atoms with Crippen molar-refractivity contribution in [3.8, 4) is 16.9 Å². The smallest absolute Gasteiger partial charge is 0.258 e. The summed E-state index contributed by atoms with van der Waals surface area (Å²) in [6.45, 7) is 5.95. The Bertz CT molecular complexity index is 1150. The second kappa shape index (κ2) is 7.72. The highest BCUT2D eigenvalue weighted by atomic mass is 35.5. The Labute approximate surface area is 162 Å². The maximum atomic E-state index is 12.8. The van der Waals surface area contributed by atoms with Gasteiger partial charge >= 0.3 is 0 Å². The second-order valence-corrected chi connectivity index (χ2v) is 6.18. The molecule has 27 heavy (non-hydrogen) atoms. The van der Waals surface area contributed by atoms with Crippen molar-refractivity contribution < 1.29 is 0 Å². The lowest BCUT2D eigenvalue weighted by Crippen LogP contribution is -2.19. The lowest BCUT2D eigenvalue weighted by molar-refractivity contribution is 0.845. The van der Waals surface area contributed by atoms with Gasteiger partial charge in [0.25, 0.3) is 5.56 Å². The fourth-order valence-corrected chi connectivity index (χ4v) is 3.04. The van der Waals surface area contributed by atoms with E-state index in [0.29, 0.717) is 16.5 Å². The number of fused-ring (bicyclic) bond motifs is 1. The highest BCUT2D eigenvalue weighted by Crippen LogP contribution is 2.25. The summed E-state index contributed by atoms with van der Waals surface area (Å²) >= 11 is 5.95. The molecule has 4 aromatic rings. The molecule has 4 aromatic heterocycles. The van der Waals surface area contributed by atoms with Crippen LogP contribution in [0.1, 0.15) is 19.4 Å². The quantitative estimate of drug-likeness (QED) is 0.489. The number of aromatic nitrogens is 5. The summed E-state index contributed by atoms with van der Waals surface area (Å²) in [5.41, 5.74) is 2.95. The van der Waals surface area contributed by atoms with E-state index < -0.39 is 0 Å². The number of pyridine rings is 3. The molecule has 0 aliphatic carbocycles. The van der Waals surface area contributed by atoms with Gasteiger partial charge < -0.3 is 4.57 Å². The van der Waals surface area contributed by atoms with E-state index in [0.717, 1.165) is 22.0 Å². The third-order valence-electron chi connectivity index (χ3n) is 4.20. The zero-order valence-electron chi connectivity index (χ0n) is 15.6. The van der Waals surface area contributed by atoms with E-state index in [9.17, 15) is 4.79 Å². The summed E-state index contributed by atoms with van der Waals surface area (Å²) in [6.07, 6.45) is 6.90. The Morgan fingerprint density at radius 2 is 1.81 bits per heavy atom. The van der Waals surface area contributed by atoms with Crippen molar-refractivity contribution in [1.82, 2.24) is 24.3 Å². The first-order chi connectivity index (χ1) is 13.0. The van der Waals surface area contributed by atoms with Crippen LogP contribution in [0.15, 0.2) is 53.8 Å². The molecule has 0 spiro atoms. The Kier molecular flexibility index (Phi) is 5.37. The van der Waals surface area contributed by atoms with E-state index in [1.165, 1.54) is 0 Å². The molecule has 0 aliphatic heterocycles. The first-order valence-corrected chi connectivity index (χ1v) is 9.05. The van der Waals surface area contributed by atoms with Crippen LogP contribution in [-0.2, 0) is 7.05 Å². The third-order valence-corrected chi connectivity index (χ3v) is 4.41.